The van der Waals surface area contributed by atoms with Crippen molar-refractivity contribution in [1.82, 2.24) is 0 Å². The Morgan fingerprint density at radius 1 is 1.41 bits per heavy atom. The van der Waals surface area contributed by atoms with Gasteiger partial charge in [-0.25, -0.2) is 4.79 Å². The van der Waals surface area contributed by atoms with Crippen molar-refractivity contribution in [2.45, 2.75) is 6.92 Å². The molecular weight excluding hydrogens is 220 g/mol. The molecule has 0 radical (unpaired) electrons. The van der Waals surface area contributed by atoms with Gasteiger partial charge in [-0.3, -0.25) is 4.79 Å². The highest BCUT2D eigenvalue weighted by molar-refractivity contribution is 5.86. The molecule has 0 unspecified atom stereocenters. The largest absolute Gasteiger partial charge is 0.478 e. The summed E-state index contributed by atoms with van der Waals surface area (Å²) in [4.78, 5) is 22.4. The van der Waals surface area contributed by atoms with Gasteiger partial charge in [0.15, 0.2) is 5.43 Å². The van der Waals surface area contributed by atoms with Crippen LogP contribution in [-0.4, -0.2) is 11.1 Å². The van der Waals surface area contributed by atoms with Crippen molar-refractivity contribution in [3.05, 3.63) is 51.9 Å². The molecule has 4 nitrogen and oxygen atoms in total. The summed E-state index contributed by atoms with van der Waals surface area (Å²) in [6.07, 6.45) is 3.41. The Kier molecular flexibility index (Phi) is 2.78. The van der Waals surface area contributed by atoms with Crippen molar-refractivity contribution < 1.29 is 14.3 Å². The van der Waals surface area contributed by atoms with Gasteiger partial charge in [-0.1, -0.05) is 11.6 Å². The van der Waals surface area contributed by atoms with E-state index < -0.39 is 5.97 Å². The number of benzene rings is 1. The number of aliphatic carboxylic acids is 1. The predicted octanol–water partition coefficient (Wildman–Crippen LogP) is 2.20. The highest BCUT2D eigenvalue weighted by Gasteiger charge is 2.05. The molecule has 0 spiro atoms. The predicted molar refractivity (Wildman–Crippen MR) is 63.9 cm³/mol. The second-order valence-electron chi connectivity index (χ2n) is 3.69. The Balaban J connectivity index is 2.65. The maximum absolute atomic E-state index is 12.0. The SMILES string of the molecule is Cc1ccc2occ(/C=C/C(=O)O)c(=O)c2c1. The molecule has 0 amide bonds. The second-order valence-corrected chi connectivity index (χ2v) is 3.69. The standard InChI is InChI=1S/C13H10O4/c1-8-2-4-11-10(6-8)13(16)9(7-17-11)3-5-12(14)15/h2-7H,1H3,(H,14,15)/b5-3+. The summed E-state index contributed by atoms with van der Waals surface area (Å²) in [5, 5.41) is 8.96. The smallest absolute Gasteiger partial charge is 0.328 e. The first-order chi connectivity index (χ1) is 8.08. The van der Waals surface area contributed by atoms with Crippen LogP contribution in [0.1, 0.15) is 11.1 Å². The lowest BCUT2D eigenvalue weighted by Crippen LogP contribution is -2.05. The summed E-state index contributed by atoms with van der Waals surface area (Å²) in [5.41, 5.74) is 1.44. The van der Waals surface area contributed by atoms with Crippen LogP contribution in [0, 0.1) is 6.92 Å². The molecule has 1 heterocycles. The normalized spacial score (nSPS) is 11.1. The lowest BCUT2D eigenvalue weighted by atomic mass is 10.1. The van der Waals surface area contributed by atoms with E-state index in [0.29, 0.717) is 11.0 Å². The topological polar surface area (TPSA) is 67.5 Å². The first-order valence-corrected chi connectivity index (χ1v) is 5.01. The Bertz CT molecular complexity index is 665. The molecule has 0 bridgehead atoms. The van der Waals surface area contributed by atoms with E-state index in [0.717, 1.165) is 11.6 Å². The minimum absolute atomic E-state index is 0.227. The fourth-order valence-corrected chi connectivity index (χ4v) is 1.54. The van der Waals surface area contributed by atoms with Gasteiger partial charge in [-0.15, -0.1) is 0 Å². The molecule has 1 aromatic carbocycles. The molecule has 86 valence electrons. The maximum Gasteiger partial charge on any atom is 0.328 e. The van der Waals surface area contributed by atoms with E-state index in [-0.39, 0.29) is 11.0 Å². The van der Waals surface area contributed by atoms with E-state index in [9.17, 15) is 9.59 Å². The number of fused-ring (bicyclic) bond motifs is 1. The third kappa shape index (κ3) is 2.25. The Labute approximate surface area is 96.8 Å². The first-order valence-electron chi connectivity index (χ1n) is 5.01. The highest BCUT2D eigenvalue weighted by Crippen LogP contribution is 2.13. The van der Waals surface area contributed by atoms with Crippen LogP contribution in [0.2, 0.25) is 0 Å². The number of carboxylic acid groups (broad SMARTS) is 1. The molecule has 1 N–H and O–H groups in total. The second kappa shape index (κ2) is 4.25. The molecule has 2 aromatic rings. The van der Waals surface area contributed by atoms with Crippen LogP contribution in [0.4, 0.5) is 0 Å². The third-order valence-corrected chi connectivity index (χ3v) is 2.36. The van der Waals surface area contributed by atoms with Gasteiger partial charge < -0.3 is 9.52 Å². The number of carbonyl (C=O) groups is 1. The summed E-state index contributed by atoms with van der Waals surface area (Å²) in [5.74, 6) is -1.10. The molecule has 0 fully saturated rings. The van der Waals surface area contributed by atoms with Crippen LogP contribution in [0.3, 0.4) is 0 Å². The van der Waals surface area contributed by atoms with Gasteiger partial charge >= 0.3 is 5.97 Å². The molecule has 0 saturated carbocycles. The fraction of sp³-hybridized carbons (Fsp3) is 0.0769. The molecule has 2 rings (SSSR count). The Morgan fingerprint density at radius 2 is 2.18 bits per heavy atom. The zero-order valence-electron chi connectivity index (χ0n) is 9.14. The van der Waals surface area contributed by atoms with Gasteiger partial charge in [0, 0.05) is 6.08 Å². The van der Waals surface area contributed by atoms with Crippen molar-refractivity contribution in [3.8, 4) is 0 Å². The molecule has 17 heavy (non-hydrogen) atoms. The monoisotopic (exact) mass is 230 g/mol. The third-order valence-electron chi connectivity index (χ3n) is 2.36. The molecule has 0 saturated heterocycles. The maximum atomic E-state index is 12.0. The quantitative estimate of drug-likeness (QED) is 0.803. The van der Waals surface area contributed by atoms with Crippen molar-refractivity contribution >= 4 is 23.0 Å². The van der Waals surface area contributed by atoms with Gasteiger partial charge in [0.2, 0.25) is 0 Å². The van der Waals surface area contributed by atoms with E-state index in [4.69, 9.17) is 9.52 Å². The van der Waals surface area contributed by atoms with Crippen LogP contribution in [0.5, 0.6) is 0 Å². The van der Waals surface area contributed by atoms with Crippen molar-refractivity contribution in [3.63, 3.8) is 0 Å². The number of hydrogen-bond acceptors (Lipinski definition) is 3. The minimum Gasteiger partial charge on any atom is -0.478 e. The molecule has 0 aliphatic heterocycles. The van der Waals surface area contributed by atoms with Crippen LogP contribution >= 0.6 is 0 Å². The lowest BCUT2D eigenvalue weighted by Gasteiger charge is -1.99. The zero-order valence-corrected chi connectivity index (χ0v) is 9.14. The summed E-state index contributed by atoms with van der Waals surface area (Å²) in [6, 6.07) is 5.29. The van der Waals surface area contributed by atoms with Gasteiger partial charge in [0.25, 0.3) is 0 Å². The van der Waals surface area contributed by atoms with Gasteiger partial charge in [-0.05, 0) is 25.1 Å². The number of carboxylic acids is 1. The number of hydrogen-bond donors (Lipinski definition) is 1. The Hall–Kier alpha value is -2.36. The van der Waals surface area contributed by atoms with Crippen LogP contribution in [0.15, 0.2) is 39.7 Å². The van der Waals surface area contributed by atoms with E-state index >= 15 is 0 Å². The van der Waals surface area contributed by atoms with Crippen molar-refractivity contribution in [2.24, 2.45) is 0 Å². The summed E-state index contributed by atoms with van der Waals surface area (Å²) >= 11 is 0. The van der Waals surface area contributed by atoms with E-state index in [1.807, 2.05) is 13.0 Å². The van der Waals surface area contributed by atoms with E-state index in [1.54, 1.807) is 12.1 Å². The van der Waals surface area contributed by atoms with Gasteiger partial charge in [-0.2, -0.15) is 0 Å². The highest BCUT2D eigenvalue weighted by atomic mass is 16.4. The average molecular weight is 230 g/mol. The van der Waals surface area contributed by atoms with Gasteiger partial charge in [0.1, 0.15) is 11.8 Å². The van der Waals surface area contributed by atoms with E-state index in [1.165, 1.54) is 12.3 Å². The molecule has 1 aromatic heterocycles. The van der Waals surface area contributed by atoms with Gasteiger partial charge in [0.05, 0.1) is 10.9 Å². The average Bonchev–Trinajstić information content (AvgIpc) is 2.29. The van der Waals surface area contributed by atoms with Crippen LogP contribution in [-0.2, 0) is 4.79 Å². The van der Waals surface area contributed by atoms with Crippen molar-refractivity contribution in [2.75, 3.05) is 0 Å². The number of aryl methyl sites for hydroxylation is 1. The summed E-state index contributed by atoms with van der Waals surface area (Å²) in [6.45, 7) is 1.87. The summed E-state index contributed by atoms with van der Waals surface area (Å²) in [7, 11) is 0. The Morgan fingerprint density at radius 3 is 2.88 bits per heavy atom. The first kappa shape index (κ1) is 11.1. The molecule has 0 aliphatic rings. The summed E-state index contributed by atoms with van der Waals surface area (Å²) < 4.78 is 5.27. The van der Waals surface area contributed by atoms with Crippen molar-refractivity contribution in [1.29, 1.82) is 0 Å². The minimum atomic E-state index is -1.10. The van der Waals surface area contributed by atoms with Crippen LogP contribution < -0.4 is 5.43 Å². The lowest BCUT2D eigenvalue weighted by molar-refractivity contribution is -0.131. The fourth-order valence-electron chi connectivity index (χ4n) is 1.54. The molecule has 4 heteroatoms. The zero-order chi connectivity index (χ0) is 12.4. The van der Waals surface area contributed by atoms with Crippen LogP contribution in [0.25, 0.3) is 17.0 Å². The molecule has 0 aliphatic carbocycles. The molecule has 0 atom stereocenters. The molecular formula is C13H10O4. The van der Waals surface area contributed by atoms with E-state index in [2.05, 4.69) is 0 Å². The number of rotatable bonds is 2.